The Balaban J connectivity index is 1.87. The van der Waals surface area contributed by atoms with Gasteiger partial charge in [-0.25, -0.2) is 14.4 Å². The maximum atomic E-state index is 12.3. The molecule has 2 rings (SSSR count). The van der Waals surface area contributed by atoms with Crippen LogP contribution in [0.15, 0.2) is 15.5 Å². The number of aliphatic imine (C=N–C) groups is 1. The fourth-order valence-corrected chi connectivity index (χ4v) is 3.57. The lowest BCUT2D eigenvalue weighted by Gasteiger charge is -2.25. The van der Waals surface area contributed by atoms with Gasteiger partial charge in [0.25, 0.3) is 0 Å². The van der Waals surface area contributed by atoms with Gasteiger partial charge in [0.15, 0.2) is 6.10 Å². The topological polar surface area (TPSA) is 126 Å². The number of carbonyl (C=O) groups is 3. The minimum atomic E-state index is -0.816. The van der Waals surface area contributed by atoms with Crippen molar-refractivity contribution in [3.05, 3.63) is 23.2 Å². The quantitative estimate of drug-likeness (QED) is 0.326. The molecule has 0 aromatic carbocycles. The van der Waals surface area contributed by atoms with Crippen LogP contribution in [0.1, 0.15) is 55.5 Å². The molecule has 1 aliphatic rings. The first-order valence-corrected chi connectivity index (χ1v) is 10.4. The van der Waals surface area contributed by atoms with Gasteiger partial charge >= 0.3 is 18.0 Å². The lowest BCUT2D eigenvalue weighted by molar-refractivity contribution is -0.154. The first kappa shape index (κ1) is 25.4. The summed E-state index contributed by atoms with van der Waals surface area (Å²) in [5.74, 6) is -0.381. The van der Waals surface area contributed by atoms with Gasteiger partial charge in [-0.2, -0.15) is 0 Å². The number of nitrogens with one attached hydrogen (secondary N) is 1. The Labute approximate surface area is 187 Å². The van der Waals surface area contributed by atoms with E-state index in [0.29, 0.717) is 30.6 Å². The van der Waals surface area contributed by atoms with Gasteiger partial charge in [0, 0.05) is 12.1 Å². The third kappa shape index (κ3) is 6.81. The van der Waals surface area contributed by atoms with Gasteiger partial charge in [0.2, 0.25) is 5.76 Å². The van der Waals surface area contributed by atoms with E-state index in [4.69, 9.17) is 23.4 Å². The van der Waals surface area contributed by atoms with Crippen molar-refractivity contribution >= 4 is 24.7 Å². The second-order valence-electron chi connectivity index (χ2n) is 8.39. The van der Waals surface area contributed by atoms with Crippen molar-refractivity contribution in [2.75, 3.05) is 20.8 Å². The zero-order valence-corrected chi connectivity index (χ0v) is 19.3. The average Bonchev–Trinajstić information content (AvgIpc) is 3.32. The molecule has 0 aliphatic carbocycles. The van der Waals surface area contributed by atoms with Gasteiger partial charge < -0.3 is 28.7 Å². The number of carbonyl (C=O) groups excluding carboxylic acids is 3. The molecule has 10 nitrogen and oxygen atoms in total. The van der Waals surface area contributed by atoms with Crippen molar-refractivity contribution < 1.29 is 37.7 Å². The molecule has 1 aromatic rings. The lowest BCUT2D eigenvalue weighted by Crippen LogP contribution is -2.38. The number of esters is 2. The van der Waals surface area contributed by atoms with Gasteiger partial charge in [-0.05, 0) is 51.8 Å². The smallest absolute Gasteiger partial charge is 0.407 e. The first-order chi connectivity index (χ1) is 15.1. The van der Waals surface area contributed by atoms with Crippen molar-refractivity contribution in [3.63, 3.8) is 0 Å². The van der Waals surface area contributed by atoms with E-state index in [1.54, 1.807) is 19.9 Å². The Morgan fingerprint density at radius 1 is 1.28 bits per heavy atom. The molecule has 32 heavy (non-hydrogen) atoms. The highest BCUT2D eigenvalue weighted by atomic mass is 16.6. The third-order valence-corrected chi connectivity index (χ3v) is 5.26. The Morgan fingerprint density at radius 2 is 2.00 bits per heavy atom. The number of hydrogen-bond donors (Lipinski definition) is 1. The molecule has 3 atom stereocenters. The van der Waals surface area contributed by atoms with Gasteiger partial charge in [-0.1, -0.05) is 6.92 Å². The molecule has 2 heterocycles. The zero-order chi connectivity index (χ0) is 23.9. The van der Waals surface area contributed by atoms with E-state index in [1.807, 2.05) is 6.92 Å². The van der Waals surface area contributed by atoms with E-state index < -0.39 is 29.7 Å². The van der Waals surface area contributed by atoms with Crippen molar-refractivity contribution in [2.45, 2.75) is 64.4 Å². The van der Waals surface area contributed by atoms with E-state index in [1.165, 1.54) is 14.2 Å². The van der Waals surface area contributed by atoms with Crippen molar-refractivity contribution in [2.24, 2.45) is 10.9 Å². The van der Waals surface area contributed by atoms with Crippen LogP contribution in [0.4, 0.5) is 4.79 Å². The molecular weight excluding hydrogens is 420 g/mol. The van der Waals surface area contributed by atoms with E-state index >= 15 is 0 Å². The molecule has 0 unspecified atom stereocenters. The summed E-state index contributed by atoms with van der Waals surface area (Å²) in [4.78, 5) is 39.7. The Hall–Kier alpha value is -2.88. The fraction of sp³-hybridized carbons (Fsp3) is 0.636. The van der Waals surface area contributed by atoms with Crippen LogP contribution in [0.3, 0.4) is 0 Å². The number of amides is 1. The monoisotopic (exact) mass is 452 g/mol. The van der Waals surface area contributed by atoms with Gasteiger partial charge in [-0.15, -0.1) is 0 Å². The number of alkyl carbamates (subject to hydrolysis) is 1. The standard InChI is InChI=1S/C22H32N2O8/c1-13-9-15(30-17(13)19(25)28-5)12-24-21(27)32-22(2,3)8-7-14-10-16(11-23-4)31-18(14)20(26)29-6/h10,13,15,17H,4,7-9,11-12H2,1-3,5-6H3,(H,24,27)/t13-,15-,17+/m1/s1. The van der Waals surface area contributed by atoms with E-state index in [2.05, 4.69) is 17.0 Å². The highest BCUT2D eigenvalue weighted by Crippen LogP contribution is 2.27. The number of methoxy groups -OCH3 is 2. The summed E-state index contributed by atoms with van der Waals surface area (Å²) < 4.78 is 26.2. The largest absolute Gasteiger partial charge is 0.467 e. The highest BCUT2D eigenvalue weighted by Gasteiger charge is 2.38. The Morgan fingerprint density at radius 3 is 2.62 bits per heavy atom. The minimum Gasteiger partial charge on any atom is -0.467 e. The zero-order valence-electron chi connectivity index (χ0n) is 19.3. The van der Waals surface area contributed by atoms with Crippen LogP contribution in [0.25, 0.3) is 0 Å². The van der Waals surface area contributed by atoms with Crippen molar-refractivity contribution in [3.8, 4) is 0 Å². The minimum absolute atomic E-state index is 0.00172. The highest BCUT2D eigenvalue weighted by molar-refractivity contribution is 5.88. The normalized spacial score (nSPS) is 20.5. The summed E-state index contributed by atoms with van der Waals surface area (Å²) in [5, 5.41) is 2.69. The number of aryl methyl sites for hydroxylation is 1. The average molecular weight is 453 g/mol. The van der Waals surface area contributed by atoms with E-state index in [0.717, 1.165) is 0 Å². The molecule has 0 spiro atoms. The molecule has 1 amide bonds. The van der Waals surface area contributed by atoms with Crippen LogP contribution in [0, 0.1) is 5.92 Å². The van der Waals surface area contributed by atoms with Crippen molar-refractivity contribution in [1.82, 2.24) is 5.32 Å². The maximum absolute atomic E-state index is 12.3. The van der Waals surface area contributed by atoms with Crippen LogP contribution in [0.2, 0.25) is 0 Å². The summed E-state index contributed by atoms with van der Waals surface area (Å²) in [6.07, 6.45) is -0.0246. The second kappa shape index (κ2) is 11.1. The van der Waals surface area contributed by atoms with Gasteiger partial charge in [0.1, 0.15) is 11.4 Å². The summed E-state index contributed by atoms with van der Waals surface area (Å²) in [6, 6.07) is 1.73. The number of hydrogen-bond acceptors (Lipinski definition) is 9. The fourth-order valence-electron chi connectivity index (χ4n) is 3.57. The summed E-state index contributed by atoms with van der Waals surface area (Å²) >= 11 is 0. The van der Waals surface area contributed by atoms with Crippen molar-refractivity contribution in [1.29, 1.82) is 0 Å². The molecule has 10 heteroatoms. The molecule has 1 saturated heterocycles. The summed E-state index contributed by atoms with van der Waals surface area (Å²) in [5.41, 5.74) is -0.168. The van der Waals surface area contributed by atoms with Crippen LogP contribution < -0.4 is 5.32 Å². The maximum Gasteiger partial charge on any atom is 0.407 e. The molecule has 0 bridgehead atoms. The molecule has 1 N–H and O–H groups in total. The first-order valence-electron chi connectivity index (χ1n) is 10.4. The molecule has 1 fully saturated rings. The Bertz CT molecular complexity index is 832. The summed E-state index contributed by atoms with van der Waals surface area (Å²) in [6.45, 7) is 9.34. The van der Waals surface area contributed by atoms with Crippen LogP contribution in [-0.2, 0) is 36.7 Å². The molecule has 1 aliphatic heterocycles. The molecule has 0 saturated carbocycles. The number of ether oxygens (including phenoxy) is 4. The van der Waals surface area contributed by atoms with Crippen LogP contribution >= 0.6 is 0 Å². The molecule has 1 aromatic heterocycles. The number of nitrogens with zero attached hydrogens (tertiary/aromatic N) is 1. The van der Waals surface area contributed by atoms with Crippen LogP contribution in [0.5, 0.6) is 0 Å². The van der Waals surface area contributed by atoms with Gasteiger partial charge in [-0.3, -0.25) is 4.99 Å². The van der Waals surface area contributed by atoms with Crippen LogP contribution in [-0.4, -0.2) is 63.3 Å². The number of rotatable bonds is 10. The lowest BCUT2D eigenvalue weighted by atomic mass is 9.98. The predicted molar refractivity (Wildman–Crippen MR) is 115 cm³/mol. The molecule has 178 valence electrons. The van der Waals surface area contributed by atoms with E-state index in [-0.39, 0.29) is 30.9 Å². The van der Waals surface area contributed by atoms with E-state index in [9.17, 15) is 14.4 Å². The molecule has 0 radical (unpaired) electrons. The number of furan rings is 1. The second-order valence-corrected chi connectivity index (χ2v) is 8.39. The summed E-state index contributed by atoms with van der Waals surface area (Å²) in [7, 11) is 2.60. The third-order valence-electron chi connectivity index (χ3n) is 5.26. The Kier molecular flexibility index (Phi) is 8.82. The molecular formula is C22H32N2O8. The SMILES string of the molecule is C=NCc1cc(CCC(C)(C)OC(=O)NC[C@H]2C[C@@H](C)[C@@H](C(=O)OC)O2)c(C(=O)OC)o1. The van der Waals surface area contributed by atoms with Gasteiger partial charge in [0.05, 0.1) is 26.9 Å². The predicted octanol–water partition coefficient (Wildman–Crippen LogP) is 2.67.